The fraction of sp³-hybridized carbons (Fsp3) is 0.278. The van der Waals surface area contributed by atoms with E-state index in [1.165, 1.54) is 0 Å². The zero-order valence-electron chi connectivity index (χ0n) is 14.5. The summed E-state index contributed by atoms with van der Waals surface area (Å²) in [5, 5.41) is 13.3. The molecule has 1 amide bonds. The van der Waals surface area contributed by atoms with Gasteiger partial charge in [-0.25, -0.2) is 19.3 Å². The molecule has 0 aliphatic carbocycles. The van der Waals surface area contributed by atoms with Crippen LogP contribution >= 0.6 is 0 Å². The maximum Gasteiger partial charge on any atom is 0.434 e. The lowest BCUT2D eigenvalue weighted by Gasteiger charge is -2.25. The maximum absolute atomic E-state index is 12.1. The number of hydrogen-bond donors (Lipinski definition) is 1. The van der Waals surface area contributed by atoms with Crippen LogP contribution in [0.15, 0.2) is 36.8 Å². The van der Waals surface area contributed by atoms with Gasteiger partial charge in [0.15, 0.2) is 11.6 Å². The molecule has 1 N–H and O–H groups in total. The van der Waals surface area contributed by atoms with E-state index in [2.05, 4.69) is 26.6 Å². The zero-order chi connectivity index (χ0) is 18.6. The summed E-state index contributed by atoms with van der Waals surface area (Å²) in [6.07, 6.45) is 7.62. The van der Waals surface area contributed by atoms with Gasteiger partial charge in [0.05, 0.1) is 28.9 Å². The molecule has 1 saturated heterocycles. The van der Waals surface area contributed by atoms with Crippen molar-refractivity contribution in [3.63, 3.8) is 0 Å². The van der Waals surface area contributed by atoms with E-state index in [-0.39, 0.29) is 0 Å². The first-order valence-corrected chi connectivity index (χ1v) is 8.67. The Morgan fingerprint density at radius 1 is 1.26 bits per heavy atom. The van der Waals surface area contributed by atoms with Crippen molar-refractivity contribution in [3.8, 4) is 17.5 Å². The van der Waals surface area contributed by atoms with E-state index in [1.54, 1.807) is 46.2 Å². The van der Waals surface area contributed by atoms with Crippen molar-refractivity contribution in [2.24, 2.45) is 0 Å². The molecule has 9 heteroatoms. The first kappa shape index (κ1) is 16.8. The number of anilines is 1. The second-order valence-electron chi connectivity index (χ2n) is 6.20. The van der Waals surface area contributed by atoms with Crippen LogP contribution in [0.4, 0.5) is 10.6 Å². The summed E-state index contributed by atoms with van der Waals surface area (Å²) < 4.78 is 1.65. The molecule has 0 unspecified atom stereocenters. The summed E-state index contributed by atoms with van der Waals surface area (Å²) in [4.78, 5) is 27.6. The van der Waals surface area contributed by atoms with Crippen molar-refractivity contribution in [3.05, 3.63) is 42.4 Å². The molecule has 4 rings (SSSR count). The number of piperidine rings is 1. The van der Waals surface area contributed by atoms with Crippen LogP contribution in [0, 0.1) is 11.3 Å². The molecular weight excluding hydrogens is 346 g/mol. The fourth-order valence-electron chi connectivity index (χ4n) is 3.00. The Morgan fingerprint density at radius 2 is 2.11 bits per heavy atom. The van der Waals surface area contributed by atoms with Gasteiger partial charge in [-0.2, -0.15) is 15.8 Å². The Kier molecular flexibility index (Phi) is 4.53. The van der Waals surface area contributed by atoms with Crippen molar-refractivity contribution in [1.82, 2.24) is 24.5 Å². The van der Waals surface area contributed by atoms with Crippen molar-refractivity contribution in [2.75, 3.05) is 18.6 Å². The third-order valence-corrected chi connectivity index (χ3v) is 4.40. The number of hydrogen-bond acceptors (Lipinski definition) is 7. The summed E-state index contributed by atoms with van der Waals surface area (Å²) >= 11 is 0. The van der Waals surface area contributed by atoms with E-state index in [4.69, 9.17) is 10.1 Å². The minimum Gasteiger partial charge on any atom is -0.323 e. The zero-order valence-corrected chi connectivity index (χ0v) is 14.5. The number of amides is 1. The molecule has 0 bridgehead atoms. The largest absolute Gasteiger partial charge is 0.434 e. The number of fused-ring (bicyclic) bond motifs is 1. The summed E-state index contributed by atoms with van der Waals surface area (Å²) in [7, 11) is 0. The number of nitrogens with zero attached hydrogens (tertiary/aromatic N) is 6. The number of carbonyl (C=O) groups excluding carboxylic acids is 1. The number of nitriles is 1. The average molecular weight is 363 g/mol. The molecular formula is C18H17N7O2. The minimum absolute atomic E-state index is 0.362. The van der Waals surface area contributed by atoms with Crippen LogP contribution in [0.1, 0.15) is 24.8 Å². The normalized spacial score (nSPS) is 14.0. The number of carbonyl (C=O) groups is 1. The van der Waals surface area contributed by atoms with Gasteiger partial charge in [-0.3, -0.25) is 0 Å². The number of aromatic nitrogens is 4. The lowest BCUT2D eigenvalue weighted by molar-refractivity contribution is 0.114. The van der Waals surface area contributed by atoms with Crippen LogP contribution in [0.25, 0.3) is 16.9 Å². The summed E-state index contributed by atoms with van der Waals surface area (Å²) in [6, 6.07) is 7.12. The Morgan fingerprint density at radius 3 is 2.93 bits per heavy atom. The van der Waals surface area contributed by atoms with Crippen molar-refractivity contribution in [2.45, 2.75) is 19.3 Å². The molecule has 1 fully saturated rings. The van der Waals surface area contributed by atoms with Gasteiger partial charge in [0.25, 0.3) is 0 Å². The first-order chi connectivity index (χ1) is 13.2. The smallest absolute Gasteiger partial charge is 0.323 e. The Bertz CT molecular complexity index is 1020. The molecule has 4 heterocycles. The van der Waals surface area contributed by atoms with Crippen LogP contribution in [0.2, 0.25) is 0 Å². The first-order valence-electron chi connectivity index (χ1n) is 8.67. The highest BCUT2D eigenvalue weighted by atomic mass is 16.7. The molecule has 27 heavy (non-hydrogen) atoms. The molecule has 0 aromatic carbocycles. The van der Waals surface area contributed by atoms with E-state index in [1.807, 2.05) is 0 Å². The number of likely N-dealkylation sites (tertiary alicyclic amines) is 1. The van der Waals surface area contributed by atoms with E-state index in [9.17, 15) is 4.79 Å². The minimum atomic E-state index is -0.412. The molecule has 0 spiro atoms. The predicted molar refractivity (Wildman–Crippen MR) is 96.5 cm³/mol. The Hall–Kier alpha value is -3.67. The van der Waals surface area contributed by atoms with E-state index < -0.39 is 6.09 Å². The molecule has 3 aromatic heterocycles. The van der Waals surface area contributed by atoms with Gasteiger partial charge in [-0.05, 0) is 31.4 Å². The molecule has 0 atom stereocenters. The Labute approximate surface area is 155 Å². The quantitative estimate of drug-likeness (QED) is 0.712. The third-order valence-electron chi connectivity index (χ3n) is 4.40. The third kappa shape index (κ3) is 3.50. The second-order valence-corrected chi connectivity index (χ2v) is 6.20. The molecule has 9 nitrogen and oxygen atoms in total. The highest BCUT2D eigenvalue weighted by Crippen LogP contribution is 2.22. The lowest BCUT2D eigenvalue weighted by atomic mass is 10.1. The van der Waals surface area contributed by atoms with Crippen LogP contribution in [-0.2, 0) is 4.84 Å². The van der Waals surface area contributed by atoms with Gasteiger partial charge < -0.3 is 9.74 Å². The fourth-order valence-corrected chi connectivity index (χ4v) is 3.00. The van der Waals surface area contributed by atoms with Crippen LogP contribution in [0.5, 0.6) is 0 Å². The number of nitrogens with one attached hydrogen (secondary N) is 1. The SMILES string of the molecule is N#Cc1ccn2ncc(-c3nccc(NOC(=O)N4CCCCC4)n3)c2c1. The standard InChI is InChI=1S/C18H17N7O2/c19-11-13-5-9-25-15(10-13)14(12-21-25)17-20-6-4-16(22-17)23-27-18(26)24-7-2-1-3-8-24/h4-6,9-10,12H,1-3,7-8H2,(H,20,22,23). The average Bonchev–Trinajstić information content (AvgIpc) is 3.16. The van der Waals surface area contributed by atoms with Crippen LogP contribution in [0.3, 0.4) is 0 Å². The highest BCUT2D eigenvalue weighted by molar-refractivity contribution is 5.77. The highest BCUT2D eigenvalue weighted by Gasteiger charge is 2.18. The van der Waals surface area contributed by atoms with Gasteiger partial charge in [0.1, 0.15) is 0 Å². The van der Waals surface area contributed by atoms with Gasteiger partial charge in [0, 0.05) is 31.5 Å². The van der Waals surface area contributed by atoms with E-state index in [0.717, 1.165) is 24.8 Å². The summed E-state index contributed by atoms with van der Waals surface area (Å²) in [5.41, 5.74) is 4.51. The van der Waals surface area contributed by atoms with Gasteiger partial charge in [-0.15, -0.1) is 0 Å². The van der Waals surface area contributed by atoms with Gasteiger partial charge >= 0.3 is 6.09 Å². The van der Waals surface area contributed by atoms with Gasteiger partial charge in [0.2, 0.25) is 0 Å². The van der Waals surface area contributed by atoms with Gasteiger partial charge in [-0.1, -0.05) is 0 Å². The molecule has 1 aliphatic rings. The Balaban J connectivity index is 1.53. The molecule has 0 saturated carbocycles. The van der Waals surface area contributed by atoms with Crippen molar-refractivity contribution in [1.29, 1.82) is 5.26 Å². The molecule has 3 aromatic rings. The predicted octanol–water partition coefficient (Wildman–Crippen LogP) is 2.61. The maximum atomic E-state index is 12.1. The van der Waals surface area contributed by atoms with Crippen molar-refractivity contribution >= 4 is 17.4 Å². The number of pyridine rings is 1. The monoisotopic (exact) mass is 363 g/mol. The van der Waals surface area contributed by atoms with Crippen LogP contribution < -0.4 is 5.48 Å². The van der Waals surface area contributed by atoms with Crippen LogP contribution in [-0.4, -0.2) is 43.7 Å². The van der Waals surface area contributed by atoms with Crippen molar-refractivity contribution < 1.29 is 9.63 Å². The summed E-state index contributed by atoms with van der Waals surface area (Å²) in [6.45, 7) is 1.42. The summed E-state index contributed by atoms with van der Waals surface area (Å²) in [5.74, 6) is 0.778. The molecule has 0 radical (unpaired) electrons. The second kappa shape index (κ2) is 7.29. The van der Waals surface area contributed by atoms with E-state index >= 15 is 0 Å². The lowest BCUT2D eigenvalue weighted by Crippen LogP contribution is -2.37. The molecule has 136 valence electrons. The molecule has 1 aliphatic heterocycles. The topological polar surface area (TPSA) is 108 Å². The van der Waals surface area contributed by atoms with E-state index in [0.29, 0.717) is 35.9 Å². The number of rotatable bonds is 3.